The molecule has 0 N–H and O–H groups in total. The SMILES string of the molecule is COc1cc(F)c(C(=O)c2cc(Br)ccc2Cl)cc1OC. The molecule has 110 valence electrons. The van der Waals surface area contributed by atoms with E-state index in [1.165, 1.54) is 20.3 Å². The number of hydrogen-bond acceptors (Lipinski definition) is 3. The van der Waals surface area contributed by atoms with Crippen molar-refractivity contribution in [3.8, 4) is 11.5 Å². The van der Waals surface area contributed by atoms with Crippen LogP contribution in [-0.4, -0.2) is 20.0 Å². The molecule has 21 heavy (non-hydrogen) atoms. The zero-order valence-electron chi connectivity index (χ0n) is 11.2. The van der Waals surface area contributed by atoms with Crippen LogP contribution in [0.3, 0.4) is 0 Å². The summed E-state index contributed by atoms with van der Waals surface area (Å²) in [6, 6.07) is 7.22. The highest BCUT2D eigenvalue weighted by molar-refractivity contribution is 9.10. The molecule has 0 fully saturated rings. The number of benzene rings is 2. The van der Waals surface area contributed by atoms with Crippen molar-refractivity contribution in [1.82, 2.24) is 0 Å². The van der Waals surface area contributed by atoms with Crippen molar-refractivity contribution in [2.45, 2.75) is 0 Å². The molecule has 0 heterocycles. The van der Waals surface area contributed by atoms with Crippen LogP contribution >= 0.6 is 27.5 Å². The molecule has 2 aromatic rings. The highest BCUT2D eigenvalue weighted by atomic mass is 79.9. The van der Waals surface area contributed by atoms with Crippen LogP contribution in [0.25, 0.3) is 0 Å². The van der Waals surface area contributed by atoms with Crippen molar-refractivity contribution in [2.75, 3.05) is 14.2 Å². The monoisotopic (exact) mass is 372 g/mol. The quantitative estimate of drug-likeness (QED) is 0.741. The van der Waals surface area contributed by atoms with Crippen LogP contribution in [0.1, 0.15) is 15.9 Å². The van der Waals surface area contributed by atoms with Crippen LogP contribution in [0.5, 0.6) is 11.5 Å². The number of rotatable bonds is 4. The third-order valence-corrected chi connectivity index (χ3v) is 3.71. The van der Waals surface area contributed by atoms with Crippen LogP contribution in [-0.2, 0) is 0 Å². The fourth-order valence-corrected chi connectivity index (χ4v) is 2.41. The van der Waals surface area contributed by atoms with Gasteiger partial charge in [-0.25, -0.2) is 4.39 Å². The number of ether oxygens (including phenoxy) is 2. The van der Waals surface area contributed by atoms with Crippen molar-refractivity contribution < 1.29 is 18.7 Å². The predicted octanol–water partition coefficient (Wildman–Crippen LogP) is 4.49. The Morgan fingerprint density at radius 2 is 1.71 bits per heavy atom. The number of methoxy groups -OCH3 is 2. The van der Waals surface area contributed by atoms with Crippen LogP contribution in [0.2, 0.25) is 5.02 Å². The number of carbonyl (C=O) groups excluding carboxylic acids is 1. The molecule has 0 unspecified atom stereocenters. The number of hydrogen-bond donors (Lipinski definition) is 0. The van der Waals surface area contributed by atoms with Crippen molar-refractivity contribution in [3.05, 3.63) is 56.8 Å². The summed E-state index contributed by atoms with van der Waals surface area (Å²) in [6.07, 6.45) is 0. The Morgan fingerprint density at radius 3 is 2.33 bits per heavy atom. The minimum atomic E-state index is -0.700. The van der Waals surface area contributed by atoms with Crippen molar-refractivity contribution >= 4 is 33.3 Å². The van der Waals surface area contributed by atoms with Crippen molar-refractivity contribution in [3.63, 3.8) is 0 Å². The summed E-state index contributed by atoms with van der Waals surface area (Å²) in [5, 5.41) is 0.248. The number of carbonyl (C=O) groups is 1. The first-order valence-electron chi connectivity index (χ1n) is 5.89. The minimum Gasteiger partial charge on any atom is -0.493 e. The fourth-order valence-electron chi connectivity index (χ4n) is 1.84. The molecule has 3 nitrogen and oxygen atoms in total. The molecule has 0 radical (unpaired) electrons. The molecule has 6 heteroatoms. The highest BCUT2D eigenvalue weighted by Gasteiger charge is 2.20. The van der Waals surface area contributed by atoms with Gasteiger partial charge in [0.25, 0.3) is 0 Å². The Hall–Kier alpha value is -1.59. The van der Waals surface area contributed by atoms with Gasteiger partial charge in [-0.05, 0) is 24.3 Å². The lowest BCUT2D eigenvalue weighted by Gasteiger charge is -2.11. The summed E-state index contributed by atoms with van der Waals surface area (Å²) in [7, 11) is 2.81. The maximum atomic E-state index is 14.1. The Balaban J connectivity index is 2.55. The zero-order valence-corrected chi connectivity index (χ0v) is 13.6. The smallest absolute Gasteiger partial charge is 0.197 e. The molecular weight excluding hydrogens is 363 g/mol. The van der Waals surface area contributed by atoms with Crippen LogP contribution in [0.15, 0.2) is 34.8 Å². The van der Waals surface area contributed by atoms with Gasteiger partial charge in [0.1, 0.15) is 5.82 Å². The standard InChI is InChI=1S/C15H11BrClFO3/c1-20-13-6-10(12(18)7-14(13)21-2)15(19)9-5-8(16)3-4-11(9)17/h3-7H,1-2H3. The van der Waals surface area contributed by atoms with E-state index in [-0.39, 0.29) is 27.6 Å². The second kappa shape index (κ2) is 6.45. The summed E-state index contributed by atoms with van der Waals surface area (Å²) < 4.78 is 24.9. The first kappa shape index (κ1) is 15.8. The third kappa shape index (κ3) is 3.19. The Morgan fingerprint density at radius 1 is 1.10 bits per heavy atom. The third-order valence-electron chi connectivity index (χ3n) is 2.89. The molecule has 0 aliphatic heterocycles. The van der Waals surface area contributed by atoms with E-state index in [4.69, 9.17) is 21.1 Å². The summed E-state index contributed by atoms with van der Waals surface area (Å²) >= 11 is 9.26. The van der Waals surface area contributed by atoms with Crippen LogP contribution < -0.4 is 9.47 Å². The molecule has 0 aromatic heterocycles. The molecule has 2 aromatic carbocycles. The van der Waals surface area contributed by atoms with Gasteiger partial charge in [0.15, 0.2) is 17.3 Å². The molecule has 0 aliphatic carbocycles. The van der Waals surface area contributed by atoms with E-state index in [2.05, 4.69) is 15.9 Å². The van der Waals surface area contributed by atoms with Gasteiger partial charge in [0.2, 0.25) is 0 Å². The fraction of sp³-hybridized carbons (Fsp3) is 0.133. The van der Waals surface area contributed by atoms with E-state index in [1.54, 1.807) is 18.2 Å². The van der Waals surface area contributed by atoms with Gasteiger partial charge in [0.05, 0.1) is 24.8 Å². The van der Waals surface area contributed by atoms with Gasteiger partial charge in [0, 0.05) is 16.1 Å². The normalized spacial score (nSPS) is 10.3. The van der Waals surface area contributed by atoms with Gasteiger partial charge in [-0.3, -0.25) is 4.79 Å². The van der Waals surface area contributed by atoms with E-state index < -0.39 is 11.6 Å². The highest BCUT2D eigenvalue weighted by Crippen LogP contribution is 2.32. The Labute approximate surface area is 134 Å². The maximum Gasteiger partial charge on any atom is 0.197 e. The Bertz CT molecular complexity index is 704. The lowest BCUT2D eigenvalue weighted by atomic mass is 10.0. The topological polar surface area (TPSA) is 35.5 Å². The Kier molecular flexibility index (Phi) is 4.85. The number of ketones is 1. The second-order valence-electron chi connectivity index (χ2n) is 4.14. The number of halogens is 3. The summed E-state index contributed by atoms with van der Waals surface area (Å²) in [5.41, 5.74) is 0.0739. The molecule has 0 amide bonds. The van der Waals surface area contributed by atoms with Gasteiger partial charge in [-0.2, -0.15) is 0 Å². The molecule has 0 saturated heterocycles. The lowest BCUT2D eigenvalue weighted by molar-refractivity contribution is 0.103. The molecule has 0 saturated carbocycles. The molecule has 0 bridgehead atoms. The molecule has 0 spiro atoms. The van der Waals surface area contributed by atoms with Crippen molar-refractivity contribution in [1.29, 1.82) is 0 Å². The van der Waals surface area contributed by atoms with Gasteiger partial charge in [-0.1, -0.05) is 27.5 Å². The maximum absolute atomic E-state index is 14.1. The predicted molar refractivity (Wildman–Crippen MR) is 82.1 cm³/mol. The molecule has 0 aliphatic rings. The largest absolute Gasteiger partial charge is 0.493 e. The van der Waals surface area contributed by atoms with Crippen molar-refractivity contribution in [2.24, 2.45) is 0 Å². The van der Waals surface area contributed by atoms with E-state index in [0.717, 1.165) is 6.07 Å². The first-order valence-corrected chi connectivity index (χ1v) is 7.06. The second-order valence-corrected chi connectivity index (χ2v) is 5.46. The van der Waals surface area contributed by atoms with Gasteiger partial charge < -0.3 is 9.47 Å². The summed E-state index contributed by atoms with van der Waals surface area (Å²) in [4.78, 5) is 12.5. The van der Waals surface area contributed by atoms with Gasteiger partial charge in [-0.15, -0.1) is 0 Å². The van der Waals surface area contributed by atoms with E-state index in [0.29, 0.717) is 4.47 Å². The van der Waals surface area contributed by atoms with Crippen LogP contribution in [0.4, 0.5) is 4.39 Å². The van der Waals surface area contributed by atoms with Crippen LogP contribution in [0, 0.1) is 5.82 Å². The van der Waals surface area contributed by atoms with Gasteiger partial charge >= 0.3 is 0 Å². The average Bonchev–Trinajstić information content (AvgIpc) is 2.48. The average molecular weight is 374 g/mol. The minimum absolute atomic E-state index is 0.132. The molecule has 2 rings (SSSR count). The van der Waals surface area contributed by atoms with E-state index >= 15 is 0 Å². The molecule has 0 atom stereocenters. The summed E-state index contributed by atoms with van der Waals surface area (Å²) in [6.45, 7) is 0. The molecular formula is C15H11BrClFO3. The zero-order chi connectivity index (χ0) is 15.6. The lowest BCUT2D eigenvalue weighted by Crippen LogP contribution is -2.06. The van der Waals surface area contributed by atoms with E-state index in [1.807, 2.05) is 0 Å². The first-order chi connectivity index (χ1) is 9.97. The summed E-state index contributed by atoms with van der Waals surface area (Å²) in [5.74, 6) is -0.742. The van der Waals surface area contributed by atoms with E-state index in [9.17, 15) is 9.18 Å².